The van der Waals surface area contributed by atoms with Gasteiger partial charge >= 0.3 is 0 Å². The van der Waals surface area contributed by atoms with Gasteiger partial charge in [-0.25, -0.2) is 4.39 Å². The molecule has 2 aromatic rings. The molecule has 0 fully saturated rings. The number of hydrogen-bond donors (Lipinski definition) is 2. The minimum atomic E-state index is -0.328. The van der Waals surface area contributed by atoms with Gasteiger partial charge < -0.3 is 15.1 Å². The summed E-state index contributed by atoms with van der Waals surface area (Å²) in [7, 11) is 0. The Hall–Kier alpha value is -1.82. The Balaban J connectivity index is 1.79. The number of carbonyl (C=O) groups is 1. The molecular weight excluding hydrogens is 327 g/mol. The van der Waals surface area contributed by atoms with Gasteiger partial charge in [0.1, 0.15) is 11.6 Å². The van der Waals surface area contributed by atoms with E-state index in [2.05, 4.69) is 26.6 Å². The van der Waals surface area contributed by atoms with Crippen molar-refractivity contribution in [2.24, 2.45) is 0 Å². The summed E-state index contributed by atoms with van der Waals surface area (Å²) in [4.78, 5) is 11.4. The van der Waals surface area contributed by atoms with E-state index in [1.54, 1.807) is 18.2 Å². The lowest BCUT2D eigenvalue weighted by molar-refractivity contribution is -0.116. The number of anilines is 2. The van der Waals surface area contributed by atoms with Crippen molar-refractivity contribution < 1.29 is 13.6 Å². The molecule has 1 aliphatic heterocycles. The normalized spacial score (nSPS) is 13.8. The van der Waals surface area contributed by atoms with E-state index in [0.717, 1.165) is 5.56 Å². The third kappa shape index (κ3) is 2.70. The Morgan fingerprint density at radius 1 is 1.35 bits per heavy atom. The van der Waals surface area contributed by atoms with Crippen molar-refractivity contribution in [1.82, 2.24) is 0 Å². The fourth-order valence-electron chi connectivity index (χ4n) is 2.16. The second-order valence-electron chi connectivity index (χ2n) is 4.60. The van der Waals surface area contributed by atoms with Crippen LogP contribution in [0.5, 0.6) is 0 Å². The van der Waals surface area contributed by atoms with Gasteiger partial charge in [0, 0.05) is 12.1 Å². The zero-order chi connectivity index (χ0) is 14.1. The van der Waals surface area contributed by atoms with Crippen molar-refractivity contribution >= 4 is 33.2 Å². The molecule has 6 heteroatoms. The summed E-state index contributed by atoms with van der Waals surface area (Å²) in [6, 6.07) is 6.67. The highest BCUT2D eigenvalue weighted by Crippen LogP contribution is 2.29. The summed E-state index contributed by atoms with van der Waals surface area (Å²) in [5.41, 5.74) is 1.85. The van der Waals surface area contributed by atoms with Crippen molar-refractivity contribution in [3.63, 3.8) is 0 Å². The first-order valence-electron chi connectivity index (χ1n) is 6.22. The van der Waals surface area contributed by atoms with E-state index in [1.165, 1.54) is 6.07 Å². The summed E-state index contributed by atoms with van der Waals surface area (Å²) in [5.74, 6) is 0.327. The highest BCUT2D eigenvalue weighted by molar-refractivity contribution is 9.10. The van der Waals surface area contributed by atoms with E-state index in [1.807, 2.05) is 0 Å². The van der Waals surface area contributed by atoms with Crippen molar-refractivity contribution in [2.45, 2.75) is 19.4 Å². The minimum Gasteiger partial charge on any atom is -0.452 e. The molecule has 0 atom stereocenters. The first kappa shape index (κ1) is 13.2. The zero-order valence-corrected chi connectivity index (χ0v) is 12.1. The molecule has 0 spiro atoms. The quantitative estimate of drug-likeness (QED) is 0.897. The fraction of sp³-hybridized carbons (Fsp3) is 0.214. The predicted molar refractivity (Wildman–Crippen MR) is 77.1 cm³/mol. The second kappa shape index (κ2) is 5.28. The van der Waals surface area contributed by atoms with E-state index in [0.29, 0.717) is 41.2 Å². The van der Waals surface area contributed by atoms with E-state index in [4.69, 9.17) is 4.42 Å². The molecule has 1 amide bonds. The second-order valence-corrected chi connectivity index (χ2v) is 5.38. The Morgan fingerprint density at radius 2 is 2.20 bits per heavy atom. The summed E-state index contributed by atoms with van der Waals surface area (Å²) in [6.07, 6.45) is 0.975. The van der Waals surface area contributed by atoms with Crippen LogP contribution < -0.4 is 10.6 Å². The zero-order valence-electron chi connectivity index (χ0n) is 10.5. The van der Waals surface area contributed by atoms with Gasteiger partial charge in [0.2, 0.25) is 5.91 Å². The van der Waals surface area contributed by atoms with Crippen LogP contribution in [0.3, 0.4) is 0 Å². The Kier molecular flexibility index (Phi) is 3.48. The molecular formula is C14H12BrFN2O2. The lowest BCUT2D eigenvalue weighted by Crippen LogP contribution is -2.19. The van der Waals surface area contributed by atoms with Crippen LogP contribution in [0.2, 0.25) is 0 Å². The van der Waals surface area contributed by atoms with Crippen molar-refractivity contribution in [2.75, 3.05) is 10.6 Å². The number of carbonyl (C=O) groups excluding carboxylic acids is 1. The highest BCUT2D eigenvalue weighted by atomic mass is 79.9. The number of furan rings is 1. The lowest BCUT2D eigenvalue weighted by atomic mass is 10.0. The summed E-state index contributed by atoms with van der Waals surface area (Å²) in [6.45, 7) is 0.370. The number of fused-ring (bicyclic) bond motifs is 1. The molecule has 4 nitrogen and oxygen atoms in total. The van der Waals surface area contributed by atoms with Gasteiger partial charge in [0.25, 0.3) is 0 Å². The van der Waals surface area contributed by atoms with Crippen LogP contribution >= 0.6 is 15.9 Å². The van der Waals surface area contributed by atoms with Gasteiger partial charge in [0.15, 0.2) is 4.67 Å². The van der Waals surface area contributed by atoms with Crippen LogP contribution in [0.1, 0.15) is 17.7 Å². The van der Waals surface area contributed by atoms with Crippen LogP contribution in [0, 0.1) is 5.82 Å². The topological polar surface area (TPSA) is 54.3 Å². The molecule has 3 rings (SSSR count). The van der Waals surface area contributed by atoms with Gasteiger partial charge in [-0.1, -0.05) is 0 Å². The maximum absolute atomic E-state index is 14.0. The first-order chi connectivity index (χ1) is 9.61. The Labute approximate surface area is 123 Å². The molecule has 0 aliphatic carbocycles. The molecule has 0 saturated heterocycles. The molecule has 20 heavy (non-hydrogen) atoms. The van der Waals surface area contributed by atoms with Gasteiger partial charge in [-0.05, 0) is 52.2 Å². The number of nitrogens with one attached hydrogen (secondary N) is 2. The third-order valence-corrected chi connectivity index (χ3v) is 3.60. The van der Waals surface area contributed by atoms with E-state index >= 15 is 0 Å². The smallest absolute Gasteiger partial charge is 0.224 e. The average molecular weight is 339 g/mol. The van der Waals surface area contributed by atoms with Crippen LogP contribution in [0.25, 0.3) is 0 Å². The Bertz CT molecular complexity index is 669. The minimum absolute atomic E-state index is 0.0370. The molecule has 0 saturated carbocycles. The molecule has 0 radical (unpaired) electrons. The maximum Gasteiger partial charge on any atom is 0.224 e. The number of halogens is 2. The highest BCUT2D eigenvalue weighted by Gasteiger charge is 2.17. The molecule has 1 aromatic carbocycles. The van der Waals surface area contributed by atoms with Crippen molar-refractivity contribution in [1.29, 1.82) is 0 Å². The molecule has 2 N–H and O–H groups in total. The maximum atomic E-state index is 14.0. The van der Waals surface area contributed by atoms with Gasteiger partial charge in [-0.2, -0.15) is 0 Å². The third-order valence-electron chi connectivity index (χ3n) is 3.17. The summed E-state index contributed by atoms with van der Waals surface area (Å²) in [5, 5.41) is 5.72. The number of hydrogen-bond acceptors (Lipinski definition) is 3. The number of amides is 1. The fourth-order valence-corrected chi connectivity index (χ4v) is 2.50. The van der Waals surface area contributed by atoms with Gasteiger partial charge in [-0.15, -0.1) is 0 Å². The van der Waals surface area contributed by atoms with Crippen LogP contribution in [-0.2, 0) is 17.8 Å². The summed E-state index contributed by atoms with van der Waals surface area (Å²) < 4.78 is 19.9. The SMILES string of the molecule is O=C1CCc2cc(F)c(NCc3ccc(Br)o3)cc2N1. The summed E-state index contributed by atoms with van der Waals surface area (Å²) >= 11 is 3.21. The van der Waals surface area contributed by atoms with E-state index in [-0.39, 0.29) is 11.7 Å². The van der Waals surface area contributed by atoms with Crippen LogP contribution in [0.15, 0.2) is 33.4 Å². The average Bonchev–Trinajstić information content (AvgIpc) is 2.83. The monoisotopic (exact) mass is 338 g/mol. The van der Waals surface area contributed by atoms with E-state index < -0.39 is 0 Å². The number of benzene rings is 1. The van der Waals surface area contributed by atoms with E-state index in [9.17, 15) is 9.18 Å². The predicted octanol–water partition coefficient (Wildman–Crippen LogP) is 3.68. The molecule has 1 aromatic heterocycles. The molecule has 0 unspecified atom stereocenters. The molecule has 104 valence electrons. The first-order valence-corrected chi connectivity index (χ1v) is 7.01. The van der Waals surface area contributed by atoms with Crippen molar-refractivity contribution in [3.8, 4) is 0 Å². The van der Waals surface area contributed by atoms with Crippen LogP contribution in [0.4, 0.5) is 15.8 Å². The number of aryl methyl sites for hydroxylation is 1. The van der Waals surface area contributed by atoms with Crippen LogP contribution in [-0.4, -0.2) is 5.91 Å². The molecule has 2 heterocycles. The molecule has 0 bridgehead atoms. The standard InChI is InChI=1S/C14H12BrFN2O2/c15-13-3-2-9(20-13)7-17-12-6-11-8(5-10(12)16)1-4-14(19)18-11/h2-3,5-6,17H,1,4,7H2,(H,18,19). The lowest BCUT2D eigenvalue weighted by Gasteiger charge is -2.18. The Morgan fingerprint density at radius 3 is 2.95 bits per heavy atom. The van der Waals surface area contributed by atoms with Gasteiger partial charge in [0.05, 0.1) is 12.2 Å². The number of rotatable bonds is 3. The van der Waals surface area contributed by atoms with Crippen molar-refractivity contribution in [3.05, 3.63) is 46.1 Å². The largest absolute Gasteiger partial charge is 0.452 e. The van der Waals surface area contributed by atoms with Gasteiger partial charge in [-0.3, -0.25) is 4.79 Å². The molecule has 1 aliphatic rings.